The molecule has 0 unspecified atom stereocenters. The number of phenolic OH excluding ortho intramolecular Hbond substituents is 1. The molecule has 0 bridgehead atoms. The van der Waals surface area contributed by atoms with Gasteiger partial charge in [0.2, 0.25) is 5.91 Å². The van der Waals surface area contributed by atoms with Crippen LogP contribution >= 0.6 is 0 Å². The van der Waals surface area contributed by atoms with Crippen molar-refractivity contribution in [3.8, 4) is 17.2 Å². The largest absolute Gasteiger partial charge is 0.508 e. The van der Waals surface area contributed by atoms with E-state index in [1.807, 2.05) is 0 Å². The van der Waals surface area contributed by atoms with Crippen molar-refractivity contribution in [2.24, 2.45) is 0 Å². The molecule has 1 aliphatic rings. The van der Waals surface area contributed by atoms with Crippen LogP contribution in [0.2, 0.25) is 0 Å². The fraction of sp³-hybridized carbons (Fsp3) is 0. The Kier molecular flexibility index (Phi) is 5.60. The minimum absolute atomic E-state index is 0.0161. The smallest absolute Gasteiger partial charge is 0.328 e. The number of anilines is 2. The van der Waals surface area contributed by atoms with Gasteiger partial charge in [0.25, 0.3) is 11.8 Å². The molecule has 33 heavy (non-hydrogen) atoms. The van der Waals surface area contributed by atoms with E-state index in [2.05, 4.69) is 5.32 Å². The predicted molar refractivity (Wildman–Crippen MR) is 118 cm³/mol. The Morgan fingerprint density at radius 3 is 2.27 bits per heavy atom. The van der Waals surface area contributed by atoms with Crippen molar-refractivity contribution in [3.63, 3.8) is 0 Å². The molecule has 3 aromatic carbocycles. The Bertz CT molecular complexity index is 1310. The number of imide groups is 1. The summed E-state index contributed by atoms with van der Waals surface area (Å²) in [7, 11) is 0. The van der Waals surface area contributed by atoms with E-state index in [0.29, 0.717) is 22.9 Å². The van der Waals surface area contributed by atoms with Gasteiger partial charge in [-0.1, -0.05) is 6.07 Å². The van der Waals surface area contributed by atoms with Gasteiger partial charge in [-0.05, 0) is 54.6 Å². The highest BCUT2D eigenvalue weighted by molar-refractivity contribution is 6.34. The van der Waals surface area contributed by atoms with Crippen LogP contribution in [0.1, 0.15) is 20.7 Å². The van der Waals surface area contributed by atoms with Crippen LogP contribution in [0, 0.1) is 0 Å². The van der Waals surface area contributed by atoms with Gasteiger partial charge in [0.05, 0.1) is 16.8 Å². The molecular weight excluding hydrogens is 428 g/mol. The lowest BCUT2D eigenvalue weighted by Crippen LogP contribution is -2.29. The first kappa shape index (κ1) is 21.3. The molecule has 1 aliphatic heterocycles. The van der Waals surface area contributed by atoms with E-state index in [-0.39, 0.29) is 16.9 Å². The summed E-state index contributed by atoms with van der Waals surface area (Å²) in [6.07, 6.45) is 1.61. The van der Waals surface area contributed by atoms with E-state index in [9.17, 15) is 24.3 Å². The summed E-state index contributed by atoms with van der Waals surface area (Å²) in [5, 5.41) is 20.5. The number of aliphatic carboxylic acids is 1. The van der Waals surface area contributed by atoms with Crippen molar-refractivity contribution in [1.82, 2.24) is 0 Å². The number of benzene rings is 3. The van der Waals surface area contributed by atoms with E-state index in [1.54, 1.807) is 24.3 Å². The molecule has 0 saturated heterocycles. The lowest BCUT2D eigenvalue weighted by molar-refractivity contribution is -0.131. The standard InChI is InChI=1S/C24H16N2O7/c27-16-6-4-15(5-7-16)26-23(31)19-9-8-18(13-20(19)24(26)32)33-17-3-1-2-14(12-17)25-21(28)10-11-22(29)30/h1-13,27H,(H,25,28)(H,29,30)/b11-10+. The minimum Gasteiger partial charge on any atom is -0.508 e. The van der Waals surface area contributed by atoms with Gasteiger partial charge in [0, 0.05) is 23.9 Å². The Morgan fingerprint density at radius 1 is 0.848 bits per heavy atom. The second kappa shape index (κ2) is 8.67. The van der Waals surface area contributed by atoms with Crippen LogP contribution in [0.4, 0.5) is 11.4 Å². The van der Waals surface area contributed by atoms with E-state index in [1.165, 1.54) is 42.5 Å². The number of carbonyl (C=O) groups excluding carboxylic acids is 3. The highest BCUT2D eigenvalue weighted by atomic mass is 16.5. The molecule has 0 spiro atoms. The zero-order valence-corrected chi connectivity index (χ0v) is 16.9. The molecule has 0 fully saturated rings. The van der Waals surface area contributed by atoms with E-state index in [0.717, 1.165) is 17.1 Å². The third-order valence-corrected chi connectivity index (χ3v) is 4.68. The Morgan fingerprint density at radius 2 is 1.55 bits per heavy atom. The second-order valence-corrected chi connectivity index (χ2v) is 6.96. The molecule has 4 rings (SSSR count). The Labute approximate surface area is 187 Å². The van der Waals surface area contributed by atoms with Gasteiger partial charge in [0.1, 0.15) is 17.2 Å². The number of nitrogens with one attached hydrogen (secondary N) is 1. The summed E-state index contributed by atoms with van der Waals surface area (Å²) in [5.74, 6) is -2.19. The van der Waals surface area contributed by atoms with Crippen LogP contribution in [0.5, 0.6) is 17.2 Å². The number of hydrogen-bond acceptors (Lipinski definition) is 6. The third kappa shape index (κ3) is 4.57. The van der Waals surface area contributed by atoms with Crippen molar-refractivity contribution in [1.29, 1.82) is 0 Å². The summed E-state index contributed by atoms with van der Waals surface area (Å²) in [5.41, 5.74) is 1.11. The number of amides is 3. The van der Waals surface area contributed by atoms with E-state index in [4.69, 9.17) is 9.84 Å². The average Bonchev–Trinajstić information content (AvgIpc) is 3.03. The summed E-state index contributed by atoms with van der Waals surface area (Å²) in [6.45, 7) is 0. The number of phenols is 1. The monoisotopic (exact) mass is 444 g/mol. The molecule has 0 saturated carbocycles. The maximum absolute atomic E-state index is 12.9. The van der Waals surface area contributed by atoms with E-state index < -0.39 is 23.7 Å². The molecule has 0 atom stereocenters. The maximum atomic E-state index is 12.9. The zero-order valence-electron chi connectivity index (χ0n) is 16.9. The minimum atomic E-state index is -1.24. The first-order valence-corrected chi connectivity index (χ1v) is 9.63. The number of carboxylic acids is 1. The molecule has 3 N–H and O–H groups in total. The van der Waals surface area contributed by atoms with Crippen LogP contribution < -0.4 is 15.0 Å². The van der Waals surface area contributed by atoms with Crippen molar-refractivity contribution < 1.29 is 34.1 Å². The highest BCUT2D eigenvalue weighted by Gasteiger charge is 2.37. The SMILES string of the molecule is O=C(O)/C=C/C(=O)Nc1cccc(Oc2ccc3c(c2)C(=O)N(c2ccc(O)cc2)C3=O)c1. The van der Waals surface area contributed by atoms with Crippen molar-refractivity contribution >= 4 is 35.1 Å². The first-order chi connectivity index (χ1) is 15.8. The third-order valence-electron chi connectivity index (χ3n) is 4.68. The molecule has 9 heteroatoms. The number of ether oxygens (including phenoxy) is 1. The molecule has 164 valence electrons. The van der Waals surface area contributed by atoms with Gasteiger partial charge in [-0.15, -0.1) is 0 Å². The van der Waals surface area contributed by atoms with Crippen LogP contribution in [0.25, 0.3) is 0 Å². The van der Waals surface area contributed by atoms with Gasteiger partial charge in [-0.3, -0.25) is 14.4 Å². The predicted octanol–water partition coefficient (Wildman–Crippen LogP) is 3.56. The fourth-order valence-corrected chi connectivity index (χ4v) is 3.22. The summed E-state index contributed by atoms with van der Waals surface area (Å²) < 4.78 is 5.79. The molecule has 3 aromatic rings. The summed E-state index contributed by atoms with van der Waals surface area (Å²) in [6, 6.07) is 16.6. The number of nitrogens with zero attached hydrogens (tertiary/aromatic N) is 1. The van der Waals surface area contributed by atoms with Crippen molar-refractivity contribution in [2.75, 3.05) is 10.2 Å². The quantitative estimate of drug-likeness (QED) is 0.391. The lowest BCUT2D eigenvalue weighted by Gasteiger charge is -2.13. The Hall–Kier alpha value is -4.92. The number of fused-ring (bicyclic) bond motifs is 1. The average molecular weight is 444 g/mol. The zero-order chi connectivity index (χ0) is 23.5. The highest BCUT2D eigenvalue weighted by Crippen LogP contribution is 2.33. The van der Waals surface area contributed by atoms with Gasteiger partial charge < -0.3 is 20.3 Å². The first-order valence-electron chi connectivity index (χ1n) is 9.63. The topological polar surface area (TPSA) is 133 Å². The number of rotatable bonds is 6. The molecule has 0 aromatic heterocycles. The lowest BCUT2D eigenvalue weighted by atomic mass is 10.1. The number of aromatic hydroxyl groups is 1. The Balaban J connectivity index is 1.53. The normalized spacial score (nSPS) is 12.7. The molecular formula is C24H16N2O7. The van der Waals surface area contributed by atoms with Gasteiger partial charge in [0.15, 0.2) is 0 Å². The number of hydrogen-bond donors (Lipinski definition) is 3. The van der Waals surface area contributed by atoms with Crippen LogP contribution in [-0.4, -0.2) is 33.9 Å². The van der Waals surface area contributed by atoms with Gasteiger partial charge >= 0.3 is 5.97 Å². The van der Waals surface area contributed by atoms with E-state index >= 15 is 0 Å². The molecule has 1 heterocycles. The van der Waals surface area contributed by atoms with Gasteiger partial charge in [-0.25, -0.2) is 9.69 Å². The fourth-order valence-electron chi connectivity index (χ4n) is 3.22. The van der Waals surface area contributed by atoms with Crippen molar-refractivity contribution in [3.05, 3.63) is 90.0 Å². The molecule has 0 radical (unpaired) electrons. The van der Waals surface area contributed by atoms with Crippen molar-refractivity contribution in [2.45, 2.75) is 0 Å². The maximum Gasteiger partial charge on any atom is 0.328 e. The molecule has 3 amide bonds. The number of carbonyl (C=O) groups is 4. The summed E-state index contributed by atoms with van der Waals surface area (Å²) in [4.78, 5) is 48.9. The van der Waals surface area contributed by atoms with Crippen LogP contribution in [-0.2, 0) is 9.59 Å². The molecule has 9 nitrogen and oxygen atoms in total. The van der Waals surface area contributed by atoms with Crippen LogP contribution in [0.15, 0.2) is 78.9 Å². The molecule has 0 aliphatic carbocycles. The second-order valence-electron chi connectivity index (χ2n) is 6.96. The van der Waals surface area contributed by atoms with Crippen LogP contribution in [0.3, 0.4) is 0 Å². The number of carboxylic acid groups (broad SMARTS) is 1. The van der Waals surface area contributed by atoms with Gasteiger partial charge in [-0.2, -0.15) is 0 Å². The summed E-state index contributed by atoms with van der Waals surface area (Å²) >= 11 is 0.